The minimum Gasteiger partial charge on any atom is -0.388 e. The van der Waals surface area contributed by atoms with Gasteiger partial charge in [0.15, 0.2) is 5.13 Å². The van der Waals surface area contributed by atoms with Gasteiger partial charge in [0, 0.05) is 36.3 Å². The summed E-state index contributed by atoms with van der Waals surface area (Å²) in [6, 6.07) is 0. The van der Waals surface area contributed by atoms with E-state index in [1.54, 1.807) is 23.1 Å². The van der Waals surface area contributed by atoms with Crippen molar-refractivity contribution in [2.45, 2.75) is 25.0 Å². The van der Waals surface area contributed by atoms with Crippen molar-refractivity contribution in [1.82, 2.24) is 4.98 Å². The van der Waals surface area contributed by atoms with Crippen LogP contribution in [0.1, 0.15) is 25.0 Å². The van der Waals surface area contributed by atoms with Crippen LogP contribution < -0.4 is 11.1 Å². The zero-order valence-corrected chi connectivity index (χ0v) is 11.7. The molecule has 0 atom stereocenters. The Morgan fingerprint density at radius 1 is 1.61 bits per heavy atom. The van der Waals surface area contributed by atoms with Crippen molar-refractivity contribution in [2.24, 2.45) is 10.7 Å². The fraction of sp³-hybridized carbons (Fsp3) is 0.545. The van der Waals surface area contributed by atoms with Gasteiger partial charge in [0.25, 0.3) is 0 Å². The van der Waals surface area contributed by atoms with Gasteiger partial charge in [0.2, 0.25) is 0 Å². The molecule has 5 nitrogen and oxygen atoms in total. The maximum atomic E-state index is 7.13. The molecule has 0 radical (unpaired) electrons. The molecule has 7 heteroatoms. The van der Waals surface area contributed by atoms with Gasteiger partial charge in [-0.25, -0.2) is 4.98 Å². The molecule has 0 fully saturated rings. The number of nitrogens with zero attached hydrogens (tertiary/aromatic N) is 2. The molecule has 0 bridgehead atoms. The van der Waals surface area contributed by atoms with Crippen LogP contribution in [0.5, 0.6) is 0 Å². The summed E-state index contributed by atoms with van der Waals surface area (Å²) in [7, 11) is 0. The molecule has 0 unspecified atom stereocenters. The van der Waals surface area contributed by atoms with E-state index in [9.17, 15) is 0 Å². The average molecular weight is 283 g/mol. The first-order valence-corrected chi connectivity index (χ1v) is 7.93. The zero-order valence-electron chi connectivity index (χ0n) is 10.1. The van der Waals surface area contributed by atoms with E-state index in [2.05, 4.69) is 20.7 Å². The molecule has 1 aliphatic rings. The first kappa shape index (κ1) is 13.4. The van der Waals surface area contributed by atoms with Crippen LogP contribution in [0.2, 0.25) is 0 Å². The summed E-state index contributed by atoms with van der Waals surface area (Å²) in [4.78, 5) is 8.88. The number of aromatic nitrogens is 1. The Kier molecular flexibility index (Phi) is 5.00. The van der Waals surface area contributed by atoms with Crippen LogP contribution in [0.15, 0.2) is 10.4 Å². The summed E-state index contributed by atoms with van der Waals surface area (Å²) in [5, 5.41) is 13.4. The number of anilines is 1. The third-order valence-corrected chi connectivity index (χ3v) is 4.24. The van der Waals surface area contributed by atoms with Crippen molar-refractivity contribution in [3.63, 3.8) is 0 Å². The lowest BCUT2D eigenvalue weighted by molar-refractivity contribution is 0.951. The highest BCUT2D eigenvalue weighted by molar-refractivity contribution is 7.98. The second-order valence-electron chi connectivity index (χ2n) is 4.03. The number of hydrogen-bond donors (Lipinski definition) is 3. The molecule has 0 spiro atoms. The van der Waals surface area contributed by atoms with Crippen LogP contribution in [0.4, 0.5) is 5.13 Å². The van der Waals surface area contributed by atoms with E-state index in [0.29, 0.717) is 6.42 Å². The summed E-state index contributed by atoms with van der Waals surface area (Å²) in [5.74, 6) is 3.06. The van der Waals surface area contributed by atoms with E-state index in [4.69, 9.17) is 11.1 Å². The summed E-state index contributed by atoms with van der Waals surface area (Å²) >= 11 is 3.37. The molecule has 1 aromatic rings. The Bertz CT molecular complexity index is 440. The van der Waals surface area contributed by atoms with Crippen LogP contribution in [-0.2, 0) is 5.75 Å². The quantitative estimate of drug-likeness (QED) is 0.425. The van der Waals surface area contributed by atoms with E-state index in [1.165, 1.54) is 0 Å². The molecular weight excluding hydrogens is 266 g/mol. The molecule has 0 aromatic carbocycles. The van der Waals surface area contributed by atoms with Crippen molar-refractivity contribution in [2.75, 3.05) is 17.6 Å². The molecule has 1 aliphatic heterocycles. The lowest BCUT2D eigenvalue weighted by Gasteiger charge is -2.00. The normalized spacial score (nSPS) is 14.6. The molecule has 4 N–H and O–H groups in total. The van der Waals surface area contributed by atoms with Gasteiger partial charge < -0.3 is 11.1 Å². The van der Waals surface area contributed by atoms with Crippen LogP contribution in [0.3, 0.4) is 0 Å². The van der Waals surface area contributed by atoms with E-state index in [-0.39, 0.29) is 5.84 Å². The Balaban J connectivity index is 1.73. The fourth-order valence-corrected chi connectivity index (χ4v) is 3.26. The van der Waals surface area contributed by atoms with Gasteiger partial charge in [-0.2, -0.15) is 11.8 Å². The highest BCUT2D eigenvalue weighted by Gasteiger charge is 2.08. The predicted molar refractivity (Wildman–Crippen MR) is 80.0 cm³/mol. The lowest BCUT2D eigenvalue weighted by Crippen LogP contribution is -2.10. The minimum absolute atomic E-state index is 0.252. The summed E-state index contributed by atoms with van der Waals surface area (Å²) in [6.45, 7) is 0.932. The van der Waals surface area contributed by atoms with Crippen LogP contribution in [-0.4, -0.2) is 29.0 Å². The number of thioether (sulfide) groups is 1. The van der Waals surface area contributed by atoms with Crippen LogP contribution in [0, 0.1) is 5.41 Å². The summed E-state index contributed by atoms with van der Waals surface area (Å²) in [5.41, 5.74) is 6.38. The Hall–Kier alpha value is -1.08. The minimum atomic E-state index is 0.252. The van der Waals surface area contributed by atoms with Gasteiger partial charge in [-0.1, -0.05) is 0 Å². The molecule has 2 heterocycles. The number of thiazole rings is 1. The Morgan fingerprint density at radius 2 is 2.50 bits per heavy atom. The largest absolute Gasteiger partial charge is 0.388 e. The number of hydrogen-bond acceptors (Lipinski definition) is 6. The molecule has 18 heavy (non-hydrogen) atoms. The van der Waals surface area contributed by atoms with Crippen LogP contribution >= 0.6 is 23.1 Å². The fourth-order valence-electron chi connectivity index (χ4n) is 1.55. The second kappa shape index (κ2) is 6.75. The number of nitrogens with one attached hydrogen (secondary N) is 2. The maximum Gasteiger partial charge on any atom is 0.188 e. The van der Waals surface area contributed by atoms with Crippen molar-refractivity contribution in [3.05, 3.63) is 11.1 Å². The highest BCUT2D eigenvalue weighted by Crippen LogP contribution is 2.21. The SMILES string of the molecule is N=C(N)CCSCc1csc(NC2=NCCC2)n1. The molecule has 0 saturated heterocycles. The van der Waals surface area contributed by atoms with Gasteiger partial charge >= 0.3 is 0 Å². The molecule has 0 saturated carbocycles. The molecule has 98 valence electrons. The van der Waals surface area contributed by atoms with Crippen molar-refractivity contribution >= 4 is 39.9 Å². The summed E-state index contributed by atoms with van der Waals surface area (Å²) in [6.07, 6.45) is 2.82. The van der Waals surface area contributed by atoms with Gasteiger partial charge in [-0.15, -0.1) is 11.3 Å². The average Bonchev–Trinajstić information content (AvgIpc) is 2.97. The number of aliphatic imine (C=N–C) groups is 1. The molecule has 1 aromatic heterocycles. The lowest BCUT2D eigenvalue weighted by atomic mass is 10.3. The number of amidine groups is 2. The number of nitrogens with two attached hydrogens (primary N) is 1. The van der Waals surface area contributed by atoms with E-state index < -0.39 is 0 Å². The van der Waals surface area contributed by atoms with E-state index in [0.717, 1.165) is 47.6 Å². The third kappa shape index (κ3) is 4.30. The van der Waals surface area contributed by atoms with Crippen LogP contribution in [0.25, 0.3) is 0 Å². The molecule has 0 aliphatic carbocycles. The predicted octanol–water partition coefficient (Wildman–Crippen LogP) is 2.31. The maximum absolute atomic E-state index is 7.13. The third-order valence-electron chi connectivity index (χ3n) is 2.44. The van der Waals surface area contributed by atoms with Gasteiger partial charge in [-0.3, -0.25) is 10.4 Å². The van der Waals surface area contributed by atoms with E-state index >= 15 is 0 Å². The monoisotopic (exact) mass is 283 g/mol. The second-order valence-corrected chi connectivity index (χ2v) is 5.99. The van der Waals surface area contributed by atoms with Gasteiger partial charge in [-0.05, 0) is 6.42 Å². The van der Waals surface area contributed by atoms with Crippen molar-refractivity contribution in [1.29, 1.82) is 5.41 Å². The molecular formula is C11H17N5S2. The first-order valence-electron chi connectivity index (χ1n) is 5.89. The first-order chi connectivity index (χ1) is 8.74. The van der Waals surface area contributed by atoms with Gasteiger partial charge in [0.05, 0.1) is 11.5 Å². The standard InChI is InChI=1S/C11H17N5S2/c12-9(13)3-5-17-6-8-7-18-11(15-8)16-10-2-1-4-14-10/h7H,1-6H2,(H3,12,13)(H,14,15,16). The Labute approximate surface area is 115 Å². The Morgan fingerprint density at radius 3 is 3.22 bits per heavy atom. The van der Waals surface area contributed by atoms with E-state index in [1.807, 2.05) is 0 Å². The smallest absolute Gasteiger partial charge is 0.188 e. The van der Waals surface area contributed by atoms with Crippen molar-refractivity contribution in [3.8, 4) is 0 Å². The molecule has 0 amide bonds. The number of rotatable bonds is 6. The topological polar surface area (TPSA) is 87.2 Å². The molecule has 2 rings (SSSR count). The summed E-state index contributed by atoms with van der Waals surface area (Å²) < 4.78 is 0. The zero-order chi connectivity index (χ0) is 12.8. The highest BCUT2D eigenvalue weighted by atomic mass is 32.2. The van der Waals surface area contributed by atoms with Crippen molar-refractivity contribution < 1.29 is 0 Å². The van der Waals surface area contributed by atoms with Gasteiger partial charge in [0.1, 0.15) is 5.84 Å².